The van der Waals surface area contributed by atoms with Crippen LogP contribution < -0.4 is 5.73 Å². The molecule has 0 spiro atoms. The number of nitrogens with zero attached hydrogens (tertiary/aromatic N) is 6. The molecule has 0 aliphatic heterocycles. The van der Waals surface area contributed by atoms with Crippen LogP contribution in [-0.2, 0) is 33.3 Å². The van der Waals surface area contributed by atoms with Crippen molar-refractivity contribution in [2.45, 2.75) is 35.8 Å². The van der Waals surface area contributed by atoms with E-state index in [1.165, 1.54) is 72.5 Å². The van der Waals surface area contributed by atoms with E-state index in [1.54, 1.807) is 0 Å². The second-order valence-electron chi connectivity index (χ2n) is 8.38. The van der Waals surface area contributed by atoms with E-state index in [9.17, 15) is 19.2 Å². The van der Waals surface area contributed by atoms with Crippen molar-refractivity contribution in [2.75, 3.05) is 71.1 Å². The van der Waals surface area contributed by atoms with Crippen molar-refractivity contribution < 1.29 is 38.1 Å². The van der Waals surface area contributed by atoms with Crippen LogP contribution >= 0.6 is 46.6 Å². The SMILES string of the molecule is CCN(CC)CC.COC(=O)CSc1ncnc(SCC(=O)OC)c1C#N.COC(=O)CSc1ncnc2sc(C(=O)OC)c(N)c12. The van der Waals surface area contributed by atoms with Gasteiger partial charge in [-0.15, -0.1) is 11.3 Å². The molecule has 3 aromatic heterocycles. The third-order valence-corrected chi connectivity index (χ3v) is 9.74. The summed E-state index contributed by atoms with van der Waals surface area (Å²) in [5.41, 5.74) is 6.46. The fourth-order valence-corrected chi connectivity index (χ4v) is 6.70. The number of carbonyl (C=O) groups excluding carboxylic acids is 4. The van der Waals surface area contributed by atoms with Crippen molar-refractivity contribution >= 4 is 86.4 Å². The van der Waals surface area contributed by atoms with Crippen LogP contribution in [0.1, 0.15) is 36.0 Å². The van der Waals surface area contributed by atoms with Crippen molar-refractivity contribution in [3.05, 3.63) is 23.1 Å². The lowest BCUT2D eigenvalue weighted by Crippen LogP contribution is -2.21. The zero-order valence-electron chi connectivity index (χ0n) is 27.1. The Bertz CT molecular complexity index is 1490. The molecule has 0 saturated heterocycles. The minimum atomic E-state index is -0.519. The fraction of sp³-hybridized carbons (Fsp3) is 0.464. The number of nitrogens with two attached hydrogens (primary N) is 1. The Hall–Kier alpha value is -3.70. The summed E-state index contributed by atoms with van der Waals surface area (Å²) in [4.78, 5) is 64.3. The Morgan fingerprint density at radius 1 is 0.766 bits per heavy atom. The maximum atomic E-state index is 11.6. The molecule has 0 saturated carbocycles. The van der Waals surface area contributed by atoms with Crippen molar-refractivity contribution in [3.8, 4) is 6.07 Å². The Labute approximate surface area is 289 Å². The minimum absolute atomic E-state index is 0.0449. The van der Waals surface area contributed by atoms with Gasteiger partial charge in [0.25, 0.3) is 0 Å². The Kier molecular flexibility index (Phi) is 20.0. The van der Waals surface area contributed by atoms with Gasteiger partial charge in [0.15, 0.2) is 0 Å². The van der Waals surface area contributed by atoms with Gasteiger partial charge in [-0.25, -0.2) is 24.7 Å². The smallest absolute Gasteiger partial charge is 0.350 e. The highest BCUT2D eigenvalue weighted by Crippen LogP contribution is 2.37. The van der Waals surface area contributed by atoms with Gasteiger partial charge in [-0.1, -0.05) is 56.1 Å². The number of nitriles is 1. The molecule has 0 bridgehead atoms. The number of ether oxygens (including phenoxy) is 4. The number of nitrogen functional groups attached to an aromatic ring is 1. The summed E-state index contributed by atoms with van der Waals surface area (Å²) in [5.74, 6) is -1.53. The van der Waals surface area contributed by atoms with Gasteiger partial charge in [0.1, 0.15) is 49.1 Å². The Morgan fingerprint density at radius 3 is 1.57 bits per heavy atom. The predicted molar refractivity (Wildman–Crippen MR) is 182 cm³/mol. The van der Waals surface area contributed by atoms with Crippen LogP contribution in [0.4, 0.5) is 5.69 Å². The lowest BCUT2D eigenvalue weighted by atomic mass is 10.3. The number of thiophene rings is 1. The molecular formula is C28H37N7O8S4. The largest absolute Gasteiger partial charge is 0.468 e. The maximum Gasteiger partial charge on any atom is 0.350 e. The van der Waals surface area contributed by atoms with Crippen molar-refractivity contribution in [3.63, 3.8) is 0 Å². The molecule has 19 heteroatoms. The van der Waals surface area contributed by atoms with Gasteiger partial charge >= 0.3 is 23.9 Å². The van der Waals surface area contributed by atoms with Gasteiger partial charge in [-0.3, -0.25) is 14.4 Å². The third-order valence-electron chi connectivity index (χ3n) is 5.76. The first-order valence-electron chi connectivity index (χ1n) is 13.7. The third kappa shape index (κ3) is 13.5. The molecule has 15 nitrogen and oxygen atoms in total. The summed E-state index contributed by atoms with van der Waals surface area (Å²) in [6.07, 6.45) is 2.64. The van der Waals surface area contributed by atoms with Crippen molar-refractivity contribution in [1.82, 2.24) is 24.8 Å². The molecule has 3 aromatic rings. The highest BCUT2D eigenvalue weighted by atomic mass is 32.2. The van der Waals surface area contributed by atoms with Crippen LogP contribution in [-0.4, -0.2) is 114 Å². The van der Waals surface area contributed by atoms with Crippen LogP contribution in [0, 0.1) is 11.3 Å². The van der Waals surface area contributed by atoms with Gasteiger partial charge in [-0.05, 0) is 19.6 Å². The van der Waals surface area contributed by atoms with Crippen LogP contribution in [0.25, 0.3) is 10.2 Å². The second-order valence-corrected chi connectivity index (χ2v) is 12.3. The molecule has 3 rings (SSSR count). The molecule has 0 atom stereocenters. The van der Waals surface area contributed by atoms with Gasteiger partial charge in [-0.2, -0.15) is 5.26 Å². The van der Waals surface area contributed by atoms with Crippen LogP contribution in [0.3, 0.4) is 0 Å². The summed E-state index contributed by atoms with van der Waals surface area (Å²) in [7, 11) is 5.16. The van der Waals surface area contributed by atoms with E-state index in [1.807, 2.05) is 6.07 Å². The summed E-state index contributed by atoms with van der Waals surface area (Å²) < 4.78 is 18.3. The average Bonchev–Trinajstić information content (AvgIpc) is 3.45. The van der Waals surface area contributed by atoms with Crippen molar-refractivity contribution in [2.24, 2.45) is 0 Å². The number of carbonyl (C=O) groups is 4. The number of methoxy groups -OCH3 is 4. The van der Waals surface area contributed by atoms with E-state index >= 15 is 0 Å². The number of aromatic nitrogens is 4. The topological polar surface area (TPSA) is 210 Å². The van der Waals surface area contributed by atoms with E-state index in [2.05, 4.69) is 64.6 Å². The van der Waals surface area contributed by atoms with E-state index in [0.717, 1.165) is 34.9 Å². The lowest BCUT2D eigenvalue weighted by molar-refractivity contribution is -0.138. The van der Waals surface area contributed by atoms with Gasteiger partial charge in [0.05, 0.1) is 56.8 Å². The zero-order valence-corrected chi connectivity index (χ0v) is 30.3. The molecular weight excluding hydrogens is 691 g/mol. The van der Waals surface area contributed by atoms with Gasteiger partial charge in [0.2, 0.25) is 0 Å². The number of thioether (sulfide) groups is 3. The molecule has 0 amide bonds. The molecule has 256 valence electrons. The quantitative estimate of drug-likeness (QED) is 0.115. The molecule has 0 radical (unpaired) electrons. The summed E-state index contributed by atoms with van der Waals surface area (Å²) >= 11 is 4.47. The highest BCUT2D eigenvalue weighted by molar-refractivity contribution is 8.00. The number of rotatable bonds is 13. The second kappa shape index (κ2) is 22.8. The molecule has 2 N–H and O–H groups in total. The lowest BCUT2D eigenvalue weighted by Gasteiger charge is -2.13. The first kappa shape index (κ1) is 41.3. The van der Waals surface area contributed by atoms with E-state index in [-0.39, 0.29) is 39.4 Å². The van der Waals surface area contributed by atoms with Gasteiger partial charge in [0, 0.05) is 0 Å². The van der Waals surface area contributed by atoms with E-state index < -0.39 is 17.9 Å². The number of esters is 4. The van der Waals surface area contributed by atoms with Crippen molar-refractivity contribution in [1.29, 1.82) is 5.26 Å². The normalized spacial score (nSPS) is 10.1. The molecule has 3 heterocycles. The monoisotopic (exact) mass is 727 g/mol. The molecule has 0 aliphatic rings. The Balaban J connectivity index is 0.000000392. The molecule has 47 heavy (non-hydrogen) atoms. The van der Waals surface area contributed by atoms with E-state index in [0.29, 0.717) is 25.3 Å². The minimum Gasteiger partial charge on any atom is -0.468 e. The maximum absolute atomic E-state index is 11.6. The fourth-order valence-electron chi connectivity index (χ4n) is 3.18. The summed E-state index contributed by atoms with van der Waals surface area (Å²) in [5, 5.41) is 11.0. The van der Waals surface area contributed by atoms with Gasteiger partial charge < -0.3 is 29.6 Å². The first-order chi connectivity index (χ1) is 22.5. The molecule has 0 fully saturated rings. The Morgan fingerprint density at radius 2 is 1.19 bits per heavy atom. The standard InChI is InChI=1S/2C11H11N3O4S2.C6H15N/c1-17-5(15)3-19-9-6-7(12)8(11(16)18-2)20-10(6)14-4-13-9;1-17-8(15)4-19-10-7(3-12)11(14-6-13-10)20-5-9(16)18-2;1-4-7(5-2)6-3/h4H,3,12H2,1-2H3;6H,4-5H2,1-2H3;4-6H2,1-3H3. The highest BCUT2D eigenvalue weighted by Gasteiger charge is 2.21. The van der Waals surface area contributed by atoms with Crippen LogP contribution in [0.2, 0.25) is 0 Å². The number of fused-ring (bicyclic) bond motifs is 1. The van der Waals surface area contributed by atoms with Crippen LogP contribution in [0.5, 0.6) is 0 Å². The van der Waals surface area contributed by atoms with Crippen LogP contribution in [0.15, 0.2) is 27.7 Å². The molecule has 0 aromatic carbocycles. The average molecular weight is 728 g/mol. The van der Waals surface area contributed by atoms with E-state index in [4.69, 9.17) is 11.0 Å². The number of anilines is 1. The summed E-state index contributed by atoms with van der Waals surface area (Å²) in [6, 6.07) is 1.98. The molecule has 0 aliphatic carbocycles. The first-order valence-corrected chi connectivity index (χ1v) is 17.5. The predicted octanol–water partition coefficient (Wildman–Crippen LogP) is 3.55. The summed E-state index contributed by atoms with van der Waals surface area (Å²) in [6.45, 7) is 10.1. The zero-order chi connectivity index (χ0) is 35.4. The number of hydrogen-bond donors (Lipinski definition) is 1. The molecule has 0 unspecified atom stereocenters. The number of hydrogen-bond acceptors (Lipinski definition) is 19.